The largest absolute Gasteiger partial charge is 0.344 e. The average Bonchev–Trinajstić information content (AvgIpc) is 2.85. The molecule has 108 valence electrons. The van der Waals surface area contributed by atoms with E-state index < -0.39 is 0 Å². The van der Waals surface area contributed by atoms with Gasteiger partial charge in [-0.25, -0.2) is 0 Å². The molecule has 0 unspecified atom stereocenters. The van der Waals surface area contributed by atoms with Gasteiger partial charge in [-0.15, -0.1) is 0 Å². The van der Waals surface area contributed by atoms with E-state index in [0.717, 1.165) is 34.1 Å². The van der Waals surface area contributed by atoms with Crippen LogP contribution in [0.2, 0.25) is 0 Å². The van der Waals surface area contributed by atoms with Crippen molar-refractivity contribution in [2.75, 3.05) is 5.32 Å². The number of hydrogen-bond acceptors (Lipinski definition) is 2. The van der Waals surface area contributed by atoms with Crippen molar-refractivity contribution >= 4 is 33.3 Å². The number of carbonyl (C=O) groups excluding carboxylic acids is 2. The zero-order valence-corrected chi connectivity index (χ0v) is 13.0. The summed E-state index contributed by atoms with van der Waals surface area (Å²) in [4.78, 5) is 23.9. The molecule has 3 rings (SSSR count). The lowest BCUT2D eigenvalue weighted by atomic mass is 9.95. The Kier molecular flexibility index (Phi) is 3.92. The number of nitrogens with zero attached hydrogens (tertiary/aromatic N) is 1. The summed E-state index contributed by atoms with van der Waals surface area (Å²) in [6.07, 6.45) is 6.13. The molecule has 0 saturated carbocycles. The average molecular weight is 347 g/mol. The van der Waals surface area contributed by atoms with E-state index in [0.29, 0.717) is 6.42 Å². The highest BCUT2D eigenvalue weighted by Gasteiger charge is 2.19. The number of ketones is 1. The fourth-order valence-corrected chi connectivity index (χ4v) is 2.97. The lowest BCUT2D eigenvalue weighted by molar-refractivity contribution is -0.116. The minimum atomic E-state index is -0.110. The molecule has 21 heavy (non-hydrogen) atoms. The van der Waals surface area contributed by atoms with E-state index in [9.17, 15) is 9.59 Å². The van der Waals surface area contributed by atoms with E-state index >= 15 is 0 Å². The lowest BCUT2D eigenvalue weighted by Gasteiger charge is -2.07. The lowest BCUT2D eigenvalue weighted by Crippen LogP contribution is -2.18. The molecule has 1 aliphatic carbocycles. The minimum absolute atomic E-state index is 0.110. The number of nitrogens with one attached hydrogen (secondary N) is 1. The second kappa shape index (κ2) is 5.85. The van der Waals surface area contributed by atoms with Crippen LogP contribution in [-0.2, 0) is 17.8 Å². The summed E-state index contributed by atoms with van der Waals surface area (Å²) in [5.41, 5.74) is 2.57. The van der Waals surface area contributed by atoms with Crippen LogP contribution in [0.1, 0.15) is 28.8 Å². The first-order chi connectivity index (χ1) is 10.1. The van der Waals surface area contributed by atoms with Gasteiger partial charge in [0, 0.05) is 28.9 Å². The topological polar surface area (TPSA) is 51.1 Å². The molecule has 1 aliphatic rings. The van der Waals surface area contributed by atoms with Crippen LogP contribution < -0.4 is 5.32 Å². The molecule has 2 aromatic rings. The number of carbonyl (C=O) groups is 2. The van der Waals surface area contributed by atoms with Gasteiger partial charge in [-0.1, -0.05) is 12.1 Å². The first-order valence-electron chi connectivity index (χ1n) is 6.90. The highest BCUT2D eigenvalue weighted by Crippen LogP contribution is 2.23. The third-order valence-electron chi connectivity index (χ3n) is 3.59. The molecule has 0 aliphatic heterocycles. The third kappa shape index (κ3) is 3.08. The molecule has 1 amide bonds. The van der Waals surface area contributed by atoms with Crippen LogP contribution in [0.4, 0.5) is 5.69 Å². The highest BCUT2D eigenvalue weighted by molar-refractivity contribution is 9.10. The summed E-state index contributed by atoms with van der Waals surface area (Å²) in [5.74, 6) is 0.0721. The molecular formula is C16H15BrN2O2. The van der Waals surface area contributed by atoms with Gasteiger partial charge >= 0.3 is 0 Å². The summed E-state index contributed by atoms with van der Waals surface area (Å²) in [5, 5.41) is 2.86. The molecule has 4 nitrogen and oxygen atoms in total. The molecule has 0 spiro atoms. The van der Waals surface area contributed by atoms with Crippen LogP contribution >= 0.6 is 15.9 Å². The molecular weight excluding hydrogens is 332 g/mol. The number of fused-ring (bicyclic) bond motifs is 1. The molecule has 5 heteroatoms. The Labute approximate surface area is 131 Å². The van der Waals surface area contributed by atoms with Crippen molar-refractivity contribution < 1.29 is 9.59 Å². The van der Waals surface area contributed by atoms with Crippen LogP contribution in [0.5, 0.6) is 0 Å². The van der Waals surface area contributed by atoms with Gasteiger partial charge in [0.05, 0.1) is 5.69 Å². The van der Waals surface area contributed by atoms with Gasteiger partial charge in [-0.3, -0.25) is 9.59 Å². The Bertz CT molecular complexity index is 706. The van der Waals surface area contributed by atoms with Crippen molar-refractivity contribution in [3.8, 4) is 0 Å². The number of hydrogen-bond donors (Lipinski definition) is 1. The fraction of sp³-hybridized carbons (Fsp3) is 0.250. The Balaban J connectivity index is 1.71. The van der Waals surface area contributed by atoms with E-state index in [4.69, 9.17) is 0 Å². The van der Waals surface area contributed by atoms with Gasteiger partial charge in [0.15, 0.2) is 5.78 Å². The normalized spacial score (nSPS) is 13.9. The summed E-state index contributed by atoms with van der Waals surface area (Å²) in [6.45, 7) is 0.210. The zero-order valence-electron chi connectivity index (χ0n) is 11.4. The fourth-order valence-electron chi connectivity index (χ4n) is 2.59. The number of amides is 1. The Morgan fingerprint density at radius 1 is 1.24 bits per heavy atom. The van der Waals surface area contributed by atoms with Crippen molar-refractivity contribution in [2.24, 2.45) is 0 Å². The maximum atomic E-state index is 12.1. The monoisotopic (exact) mass is 346 g/mol. The molecule has 1 N–H and O–H groups in total. The first kappa shape index (κ1) is 14.1. The Morgan fingerprint density at radius 3 is 2.81 bits per heavy atom. The number of aryl methyl sites for hydroxylation is 1. The van der Waals surface area contributed by atoms with Gasteiger partial charge in [-0.2, -0.15) is 0 Å². The second-order valence-electron chi connectivity index (χ2n) is 5.17. The van der Waals surface area contributed by atoms with Crippen molar-refractivity contribution in [1.29, 1.82) is 0 Å². The van der Waals surface area contributed by atoms with Crippen LogP contribution in [-0.4, -0.2) is 16.3 Å². The maximum Gasteiger partial charge on any atom is 0.244 e. The van der Waals surface area contributed by atoms with Crippen molar-refractivity contribution in [3.05, 3.63) is 52.3 Å². The molecule has 0 fully saturated rings. The quantitative estimate of drug-likeness (QED) is 0.925. The number of rotatable bonds is 3. The summed E-state index contributed by atoms with van der Waals surface area (Å²) >= 11 is 3.40. The smallest absolute Gasteiger partial charge is 0.244 e. The van der Waals surface area contributed by atoms with Crippen molar-refractivity contribution in [3.63, 3.8) is 0 Å². The van der Waals surface area contributed by atoms with Gasteiger partial charge < -0.3 is 9.88 Å². The highest BCUT2D eigenvalue weighted by atomic mass is 79.9. The molecule has 1 aromatic carbocycles. The van der Waals surface area contributed by atoms with Crippen molar-refractivity contribution in [1.82, 2.24) is 4.57 Å². The van der Waals surface area contributed by atoms with E-state index in [1.807, 2.05) is 30.5 Å². The minimum Gasteiger partial charge on any atom is -0.344 e. The standard InChI is InChI=1S/C16H15BrN2O2/c17-13-5-1-2-6-14(13)18-16(21)10-19-8-11-4-3-7-15(20)12(11)9-19/h1-2,5-6,8-9H,3-4,7,10H2,(H,18,21). The van der Waals surface area contributed by atoms with Gasteiger partial charge in [-0.05, 0) is 46.5 Å². The maximum absolute atomic E-state index is 12.1. The summed E-state index contributed by atoms with van der Waals surface area (Å²) < 4.78 is 2.64. The Morgan fingerprint density at radius 2 is 2.05 bits per heavy atom. The van der Waals surface area contributed by atoms with Crippen LogP contribution in [0.25, 0.3) is 0 Å². The number of anilines is 1. The molecule has 0 atom stereocenters. The molecule has 0 saturated heterocycles. The van der Waals surface area contributed by atoms with Gasteiger partial charge in [0.25, 0.3) is 0 Å². The summed E-state index contributed by atoms with van der Waals surface area (Å²) in [6, 6.07) is 7.48. The van der Waals surface area contributed by atoms with E-state index in [1.54, 1.807) is 10.8 Å². The number of halogens is 1. The molecule has 0 radical (unpaired) electrons. The van der Waals surface area contributed by atoms with Gasteiger partial charge in [0.2, 0.25) is 5.91 Å². The second-order valence-corrected chi connectivity index (χ2v) is 6.03. The first-order valence-corrected chi connectivity index (χ1v) is 7.69. The number of benzene rings is 1. The molecule has 1 heterocycles. The van der Waals surface area contributed by atoms with E-state index in [1.165, 1.54) is 0 Å². The van der Waals surface area contributed by atoms with Crippen LogP contribution in [0, 0.1) is 0 Å². The summed E-state index contributed by atoms with van der Waals surface area (Å²) in [7, 11) is 0. The van der Waals surface area contributed by atoms with Crippen LogP contribution in [0.15, 0.2) is 41.1 Å². The van der Waals surface area contributed by atoms with E-state index in [2.05, 4.69) is 21.2 Å². The SMILES string of the molecule is O=C(Cn1cc2c(c1)C(=O)CCC2)Nc1ccccc1Br. The number of para-hydroxylation sites is 1. The number of Topliss-reactive ketones (excluding diaryl/α,β-unsaturated/α-hetero) is 1. The molecule has 1 aromatic heterocycles. The Hall–Kier alpha value is -1.88. The number of aromatic nitrogens is 1. The van der Waals surface area contributed by atoms with Crippen LogP contribution in [0.3, 0.4) is 0 Å². The van der Waals surface area contributed by atoms with Gasteiger partial charge in [0.1, 0.15) is 6.54 Å². The zero-order chi connectivity index (χ0) is 14.8. The third-order valence-corrected chi connectivity index (χ3v) is 4.28. The van der Waals surface area contributed by atoms with Crippen molar-refractivity contribution in [2.45, 2.75) is 25.8 Å². The molecule has 0 bridgehead atoms. The predicted molar refractivity (Wildman–Crippen MR) is 84.5 cm³/mol. The predicted octanol–water partition coefficient (Wildman–Crippen LogP) is 3.41. The van der Waals surface area contributed by atoms with E-state index in [-0.39, 0.29) is 18.2 Å².